The molecular weight excluding hydrogens is 335 g/mol. The van der Waals surface area contributed by atoms with Gasteiger partial charge in [-0.3, -0.25) is 0 Å². The fraction of sp³-hybridized carbons (Fsp3) is 0.188. The molecule has 2 aromatic heterocycles. The number of ether oxygens (including phenoxy) is 1. The third-order valence-corrected chi connectivity index (χ3v) is 3.26. The van der Waals surface area contributed by atoms with Gasteiger partial charge in [0.15, 0.2) is 5.69 Å². The van der Waals surface area contributed by atoms with E-state index in [1.807, 2.05) is 0 Å². The Morgan fingerprint density at radius 3 is 2.36 bits per heavy atom. The van der Waals surface area contributed by atoms with Gasteiger partial charge in [0, 0.05) is 32.6 Å². The van der Waals surface area contributed by atoms with E-state index in [1.165, 1.54) is 4.90 Å². The van der Waals surface area contributed by atoms with Crippen LogP contribution in [0.25, 0.3) is 5.69 Å². The SMILES string of the molecule is CN(C)c1cc(C(F)(F)F)nc(Oc2ccc(-n3cccn3)cc2)n1. The number of hydrogen-bond donors (Lipinski definition) is 0. The van der Waals surface area contributed by atoms with Crippen LogP contribution in [0.4, 0.5) is 19.0 Å². The molecule has 0 aliphatic heterocycles. The number of hydrogen-bond acceptors (Lipinski definition) is 5. The first kappa shape index (κ1) is 16.7. The molecule has 2 heterocycles. The standard InChI is InChI=1S/C16H14F3N5O/c1-23(2)14-10-13(16(17,18)19)21-15(22-14)25-12-6-4-11(5-7-12)24-9-3-8-20-24/h3-10H,1-2H3. The van der Waals surface area contributed by atoms with Gasteiger partial charge in [0.1, 0.15) is 11.6 Å². The molecule has 0 spiro atoms. The van der Waals surface area contributed by atoms with Crippen LogP contribution in [0.15, 0.2) is 48.8 Å². The van der Waals surface area contributed by atoms with Crippen molar-refractivity contribution >= 4 is 5.82 Å². The third kappa shape index (κ3) is 3.87. The first-order valence-corrected chi connectivity index (χ1v) is 7.24. The van der Waals surface area contributed by atoms with Crippen LogP contribution in [-0.4, -0.2) is 33.8 Å². The quantitative estimate of drug-likeness (QED) is 0.721. The lowest BCUT2D eigenvalue weighted by molar-refractivity contribution is -0.141. The van der Waals surface area contributed by atoms with Gasteiger partial charge < -0.3 is 9.64 Å². The van der Waals surface area contributed by atoms with Gasteiger partial charge in [-0.25, -0.2) is 4.68 Å². The zero-order chi connectivity index (χ0) is 18.0. The summed E-state index contributed by atoms with van der Waals surface area (Å²) in [5.41, 5.74) is -0.273. The summed E-state index contributed by atoms with van der Waals surface area (Å²) in [6.45, 7) is 0. The largest absolute Gasteiger partial charge is 0.433 e. The van der Waals surface area contributed by atoms with Crippen LogP contribution in [-0.2, 0) is 6.18 Å². The van der Waals surface area contributed by atoms with Crippen LogP contribution < -0.4 is 9.64 Å². The maximum absolute atomic E-state index is 13.0. The van der Waals surface area contributed by atoms with E-state index < -0.39 is 11.9 Å². The highest BCUT2D eigenvalue weighted by atomic mass is 19.4. The smallest absolute Gasteiger partial charge is 0.424 e. The van der Waals surface area contributed by atoms with E-state index in [4.69, 9.17) is 4.74 Å². The second-order valence-electron chi connectivity index (χ2n) is 5.33. The van der Waals surface area contributed by atoms with Gasteiger partial charge >= 0.3 is 12.2 Å². The van der Waals surface area contributed by atoms with Gasteiger partial charge in [-0.1, -0.05) is 0 Å². The second-order valence-corrected chi connectivity index (χ2v) is 5.33. The van der Waals surface area contributed by atoms with Crippen molar-refractivity contribution in [3.05, 3.63) is 54.5 Å². The van der Waals surface area contributed by atoms with Crippen LogP contribution in [0.5, 0.6) is 11.8 Å². The van der Waals surface area contributed by atoms with Crippen molar-refractivity contribution in [2.75, 3.05) is 19.0 Å². The lowest BCUT2D eigenvalue weighted by Crippen LogP contribution is -2.16. The number of nitrogens with zero attached hydrogens (tertiary/aromatic N) is 5. The second kappa shape index (κ2) is 6.42. The van der Waals surface area contributed by atoms with Crippen molar-refractivity contribution in [2.24, 2.45) is 0 Å². The van der Waals surface area contributed by atoms with E-state index >= 15 is 0 Å². The molecule has 0 N–H and O–H groups in total. The molecule has 9 heteroatoms. The summed E-state index contributed by atoms with van der Waals surface area (Å²) in [6.07, 6.45) is -1.17. The maximum Gasteiger partial charge on any atom is 0.433 e. The molecule has 130 valence electrons. The van der Waals surface area contributed by atoms with Gasteiger partial charge in [-0.2, -0.15) is 28.2 Å². The number of anilines is 1. The Kier molecular flexibility index (Phi) is 4.30. The molecule has 3 aromatic rings. The molecule has 0 fully saturated rings. The predicted octanol–water partition coefficient (Wildman–Crippen LogP) is 3.54. The number of halogens is 3. The molecule has 0 radical (unpaired) electrons. The lowest BCUT2D eigenvalue weighted by Gasteiger charge is -2.15. The van der Waals surface area contributed by atoms with Gasteiger partial charge in [-0.15, -0.1) is 0 Å². The van der Waals surface area contributed by atoms with Crippen LogP contribution >= 0.6 is 0 Å². The molecule has 0 aliphatic rings. The van der Waals surface area contributed by atoms with E-state index in [1.54, 1.807) is 61.5 Å². The predicted molar refractivity (Wildman–Crippen MR) is 85.0 cm³/mol. The summed E-state index contributed by atoms with van der Waals surface area (Å²) >= 11 is 0. The van der Waals surface area contributed by atoms with Gasteiger partial charge in [-0.05, 0) is 30.3 Å². The normalized spacial score (nSPS) is 11.4. The minimum absolute atomic E-state index is 0.102. The Balaban J connectivity index is 1.88. The van der Waals surface area contributed by atoms with Crippen molar-refractivity contribution in [2.45, 2.75) is 6.18 Å². The Morgan fingerprint density at radius 1 is 1.08 bits per heavy atom. The summed E-state index contributed by atoms with van der Waals surface area (Å²) in [5, 5.41) is 4.09. The number of alkyl halides is 3. The van der Waals surface area contributed by atoms with E-state index in [2.05, 4.69) is 15.1 Å². The average Bonchev–Trinajstić information content (AvgIpc) is 3.09. The Bertz CT molecular complexity index is 845. The molecule has 0 saturated carbocycles. The van der Waals surface area contributed by atoms with Crippen LogP contribution in [0.1, 0.15) is 5.69 Å². The third-order valence-electron chi connectivity index (χ3n) is 3.26. The topological polar surface area (TPSA) is 56.1 Å². The van der Waals surface area contributed by atoms with E-state index in [0.717, 1.165) is 11.8 Å². The zero-order valence-corrected chi connectivity index (χ0v) is 13.4. The Hall–Kier alpha value is -3.10. The summed E-state index contributed by atoms with van der Waals surface area (Å²) in [4.78, 5) is 8.89. The molecule has 0 unspecified atom stereocenters. The molecule has 0 bridgehead atoms. The highest BCUT2D eigenvalue weighted by molar-refractivity contribution is 5.41. The molecular formula is C16H14F3N5O. The van der Waals surface area contributed by atoms with Crippen molar-refractivity contribution in [3.8, 4) is 17.4 Å². The molecule has 1 aromatic carbocycles. The molecule has 0 saturated heterocycles. The van der Waals surface area contributed by atoms with Crippen LogP contribution in [0.2, 0.25) is 0 Å². The Labute approximate surface area is 141 Å². The number of aromatic nitrogens is 4. The molecule has 0 aliphatic carbocycles. The highest BCUT2D eigenvalue weighted by Crippen LogP contribution is 2.31. The van der Waals surface area contributed by atoms with Crippen LogP contribution in [0.3, 0.4) is 0 Å². The number of rotatable bonds is 4. The lowest BCUT2D eigenvalue weighted by atomic mass is 10.3. The summed E-state index contributed by atoms with van der Waals surface area (Å²) in [7, 11) is 3.18. The minimum atomic E-state index is -4.59. The van der Waals surface area contributed by atoms with E-state index in [9.17, 15) is 13.2 Å². The van der Waals surface area contributed by atoms with Crippen molar-refractivity contribution in [3.63, 3.8) is 0 Å². The first-order chi connectivity index (χ1) is 11.8. The molecule has 0 atom stereocenters. The monoisotopic (exact) mass is 349 g/mol. The summed E-state index contributed by atoms with van der Waals surface area (Å²) in [6, 6.07) is 8.94. The van der Waals surface area contributed by atoms with Crippen molar-refractivity contribution in [1.82, 2.24) is 19.7 Å². The highest BCUT2D eigenvalue weighted by Gasteiger charge is 2.34. The van der Waals surface area contributed by atoms with E-state index in [0.29, 0.717) is 5.75 Å². The summed E-state index contributed by atoms with van der Waals surface area (Å²) < 4.78 is 46.0. The fourth-order valence-electron chi connectivity index (χ4n) is 2.03. The number of benzene rings is 1. The molecule has 3 rings (SSSR count). The fourth-order valence-corrected chi connectivity index (χ4v) is 2.03. The maximum atomic E-state index is 13.0. The molecule has 25 heavy (non-hydrogen) atoms. The van der Waals surface area contributed by atoms with Crippen molar-refractivity contribution in [1.29, 1.82) is 0 Å². The minimum Gasteiger partial charge on any atom is -0.424 e. The van der Waals surface area contributed by atoms with Gasteiger partial charge in [0.05, 0.1) is 5.69 Å². The molecule has 0 amide bonds. The van der Waals surface area contributed by atoms with Gasteiger partial charge in [0.2, 0.25) is 0 Å². The molecule has 6 nitrogen and oxygen atoms in total. The van der Waals surface area contributed by atoms with Crippen LogP contribution in [0, 0.1) is 0 Å². The average molecular weight is 349 g/mol. The van der Waals surface area contributed by atoms with Gasteiger partial charge in [0.25, 0.3) is 0 Å². The summed E-state index contributed by atoms with van der Waals surface area (Å²) in [5.74, 6) is 0.422. The van der Waals surface area contributed by atoms with Crippen molar-refractivity contribution < 1.29 is 17.9 Å². The Morgan fingerprint density at radius 2 is 1.80 bits per heavy atom. The zero-order valence-electron chi connectivity index (χ0n) is 13.4. The van der Waals surface area contributed by atoms with E-state index in [-0.39, 0.29) is 11.8 Å². The first-order valence-electron chi connectivity index (χ1n) is 7.24.